The average molecular weight is 259 g/mol. The Kier molecular flexibility index (Phi) is 1.79. The summed E-state index contributed by atoms with van der Waals surface area (Å²) < 4.78 is 1.34. The fraction of sp³-hybridized carbons (Fsp3) is 0.333. The van der Waals surface area contributed by atoms with Gasteiger partial charge in [-0.15, -0.1) is 0 Å². The van der Waals surface area contributed by atoms with E-state index in [1.165, 1.54) is 27.8 Å². The van der Waals surface area contributed by atoms with E-state index >= 15 is 0 Å². The predicted octanol–water partition coefficient (Wildman–Crippen LogP) is 2.28. The van der Waals surface area contributed by atoms with E-state index in [0.717, 1.165) is 0 Å². The Labute approximate surface area is 80.5 Å². The van der Waals surface area contributed by atoms with Crippen LogP contribution in [-0.4, -0.2) is 13.6 Å². The maximum absolute atomic E-state index is 2.36. The van der Waals surface area contributed by atoms with Crippen LogP contribution in [0, 0.1) is 3.57 Å². The molecule has 0 N–H and O–H groups in total. The lowest BCUT2D eigenvalue weighted by Crippen LogP contribution is -2.12. The minimum Gasteiger partial charge on any atom is -0.374 e. The van der Waals surface area contributed by atoms with Crippen molar-refractivity contribution >= 4 is 28.3 Å². The van der Waals surface area contributed by atoms with Crippen LogP contribution >= 0.6 is 22.6 Å². The normalized spacial score (nSPS) is 15.3. The molecule has 0 radical (unpaired) electrons. The van der Waals surface area contributed by atoms with Gasteiger partial charge in [0.2, 0.25) is 0 Å². The molecule has 1 heterocycles. The first kappa shape index (κ1) is 7.40. The molecule has 0 fully saturated rings. The molecule has 0 bridgehead atoms. The molecule has 1 aromatic rings. The molecule has 0 saturated heterocycles. The van der Waals surface area contributed by atoms with Crippen molar-refractivity contribution in [2.45, 2.75) is 6.42 Å². The lowest BCUT2D eigenvalue weighted by molar-refractivity contribution is 0.956. The minimum atomic E-state index is 1.18. The molecule has 0 amide bonds. The topological polar surface area (TPSA) is 3.24 Å². The van der Waals surface area contributed by atoms with E-state index in [1.807, 2.05) is 0 Å². The van der Waals surface area contributed by atoms with Gasteiger partial charge in [-0.3, -0.25) is 0 Å². The van der Waals surface area contributed by atoms with Crippen LogP contribution in [0.25, 0.3) is 0 Å². The van der Waals surface area contributed by atoms with Crippen LogP contribution in [0.15, 0.2) is 18.2 Å². The summed E-state index contributed by atoms with van der Waals surface area (Å²) in [6, 6.07) is 6.66. The first-order valence-corrected chi connectivity index (χ1v) is 4.85. The third-order valence-corrected chi connectivity index (χ3v) is 2.84. The maximum Gasteiger partial charge on any atom is 0.0397 e. The van der Waals surface area contributed by atoms with Gasteiger partial charge in [0.25, 0.3) is 0 Å². The molecule has 1 aliphatic rings. The van der Waals surface area contributed by atoms with Gasteiger partial charge in [0.1, 0.15) is 0 Å². The second kappa shape index (κ2) is 2.66. The van der Waals surface area contributed by atoms with Crippen molar-refractivity contribution in [1.29, 1.82) is 0 Å². The summed E-state index contributed by atoms with van der Waals surface area (Å²) in [5.41, 5.74) is 2.91. The highest BCUT2D eigenvalue weighted by atomic mass is 127. The molecule has 0 atom stereocenters. The molecule has 0 saturated carbocycles. The van der Waals surface area contributed by atoms with E-state index in [4.69, 9.17) is 0 Å². The number of hydrogen-bond donors (Lipinski definition) is 0. The Bertz CT molecular complexity index is 283. The van der Waals surface area contributed by atoms with Gasteiger partial charge in [-0.25, -0.2) is 0 Å². The second-order valence-electron chi connectivity index (χ2n) is 2.94. The van der Waals surface area contributed by atoms with Gasteiger partial charge in [0, 0.05) is 22.8 Å². The number of hydrogen-bond acceptors (Lipinski definition) is 1. The van der Waals surface area contributed by atoms with Crippen molar-refractivity contribution in [2.24, 2.45) is 0 Å². The monoisotopic (exact) mass is 259 g/mol. The van der Waals surface area contributed by atoms with Crippen LogP contribution in [-0.2, 0) is 6.42 Å². The Morgan fingerprint density at radius 1 is 1.45 bits per heavy atom. The number of benzene rings is 1. The summed E-state index contributed by atoms with van der Waals surface area (Å²) in [6.45, 7) is 1.18. The molecule has 2 heteroatoms. The predicted molar refractivity (Wildman–Crippen MR) is 56.1 cm³/mol. The van der Waals surface area contributed by atoms with Crippen LogP contribution in [0.1, 0.15) is 5.56 Å². The fourth-order valence-corrected chi connectivity index (χ4v) is 2.09. The van der Waals surface area contributed by atoms with E-state index in [-0.39, 0.29) is 0 Å². The smallest absolute Gasteiger partial charge is 0.0397 e. The highest BCUT2D eigenvalue weighted by Gasteiger charge is 2.14. The lowest BCUT2D eigenvalue weighted by atomic mass is 10.2. The summed E-state index contributed by atoms with van der Waals surface area (Å²) in [4.78, 5) is 2.31. The zero-order valence-corrected chi connectivity index (χ0v) is 8.63. The second-order valence-corrected chi connectivity index (χ2v) is 4.19. The van der Waals surface area contributed by atoms with Gasteiger partial charge in [-0.1, -0.05) is 0 Å². The number of rotatable bonds is 0. The first-order valence-electron chi connectivity index (χ1n) is 3.77. The van der Waals surface area contributed by atoms with Crippen molar-refractivity contribution < 1.29 is 0 Å². The van der Waals surface area contributed by atoms with E-state index in [1.54, 1.807) is 0 Å². The first-order chi connectivity index (χ1) is 5.27. The molecular weight excluding hydrogens is 249 g/mol. The number of likely N-dealkylation sites (N-methyl/N-ethyl adjacent to an activating group) is 1. The van der Waals surface area contributed by atoms with Crippen LogP contribution < -0.4 is 4.90 Å². The number of fused-ring (bicyclic) bond motifs is 1. The summed E-state index contributed by atoms with van der Waals surface area (Å²) in [6.07, 6.45) is 1.21. The van der Waals surface area contributed by atoms with E-state index in [0.29, 0.717) is 0 Å². The van der Waals surface area contributed by atoms with Crippen molar-refractivity contribution in [3.8, 4) is 0 Å². The molecular formula is C9H10IN. The molecule has 58 valence electrons. The van der Waals surface area contributed by atoms with Crippen molar-refractivity contribution in [2.75, 3.05) is 18.5 Å². The number of nitrogens with zero attached hydrogens (tertiary/aromatic N) is 1. The van der Waals surface area contributed by atoms with E-state index in [9.17, 15) is 0 Å². The van der Waals surface area contributed by atoms with Crippen LogP contribution in [0.2, 0.25) is 0 Å². The van der Waals surface area contributed by atoms with Crippen LogP contribution in [0.5, 0.6) is 0 Å². The van der Waals surface area contributed by atoms with E-state index < -0.39 is 0 Å². The number of halogens is 1. The molecule has 0 unspecified atom stereocenters. The average Bonchev–Trinajstić information content (AvgIpc) is 2.32. The van der Waals surface area contributed by atoms with Crippen molar-refractivity contribution in [1.82, 2.24) is 0 Å². The van der Waals surface area contributed by atoms with Crippen molar-refractivity contribution in [3.63, 3.8) is 0 Å². The zero-order valence-electron chi connectivity index (χ0n) is 6.47. The third-order valence-electron chi connectivity index (χ3n) is 2.17. The zero-order chi connectivity index (χ0) is 7.84. The standard InChI is InChI=1S/C9H10IN/c1-11-5-4-7-6-8(10)2-3-9(7)11/h2-3,6H,4-5H2,1H3. The quantitative estimate of drug-likeness (QED) is 0.646. The van der Waals surface area contributed by atoms with Gasteiger partial charge < -0.3 is 4.90 Å². The van der Waals surface area contributed by atoms with E-state index in [2.05, 4.69) is 52.7 Å². The Hall–Kier alpha value is -0.250. The molecule has 2 rings (SSSR count). The molecule has 1 nitrogen and oxygen atoms in total. The molecule has 1 aromatic carbocycles. The molecule has 0 aromatic heterocycles. The third kappa shape index (κ3) is 1.24. The SMILES string of the molecule is CN1CCc2cc(I)ccc21. The highest BCUT2D eigenvalue weighted by molar-refractivity contribution is 14.1. The maximum atomic E-state index is 2.36. The molecule has 0 aliphatic carbocycles. The summed E-state index contributed by atoms with van der Waals surface area (Å²) in [7, 11) is 2.15. The van der Waals surface area contributed by atoms with Crippen LogP contribution in [0.4, 0.5) is 5.69 Å². The van der Waals surface area contributed by atoms with Crippen LogP contribution in [0.3, 0.4) is 0 Å². The summed E-state index contributed by atoms with van der Waals surface area (Å²) >= 11 is 2.36. The number of anilines is 1. The summed E-state index contributed by atoms with van der Waals surface area (Å²) in [5, 5.41) is 0. The van der Waals surface area contributed by atoms with Gasteiger partial charge in [-0.05, 0) is 52.8 Å². The molecule has 1 aliphatic heterocycles. The summed E-state index contributed by atoms with van der Waals surface area (Å²) in [5.74, 6) is 0. The largest absolute Gasteiger partial charge is 0.374 e. The van der Waals surface area contributed by atoms with Crippen molar-refractivity contribution in [3.05, 3.63) is 27.3 Å². The van der Waals surface area contributed by atoms with Gasteiger partial charge in [0.15, 0.2) is 0 Å². The highest BCUT2D eigenvalue weighted by Crippen LogP contribution is 2.27. The fourth-order valence-electron chi connectivity index (χ4n) is 1.54. The van der Waals surface area contributed by atoms with Gasteiger partial charge >= 0.3 is 0 Å². The lowest BCUT2D eigenvalue weighted by Gasteiger charge is -2.10. The Morgan fingerprint density at radius 3 is 3.09 bits per heavy atom. The minimum absolute atomic E-state index is 1.18. The molecule has 11 heavy (non-hydrogen) atoms. The Morgan fingerprint density at radius 2 is 2.27 bits per heavy atom. The van der Waals surface area contributed by atoms with Gasteiger partial charge in [0.05, 0.1) is 0 Å². The molecule has 0 spiro atoms. The Balaban J connectivity index is 2.50. The van der Waals surface area contributed by atoms with Gasteiger partial charge in [-0.2, -0.15) is 0 Å².